The van der Waals surface area contributed by atoms with Crippen LogP contribution in [0.25, 0.3) is 0 Å². The lowest BCUT2D eigenvalue weighted by Gasteiger charge is -2.62. The Morgan fingerprint density at radius 1 is 1.03 bits per heavy atom. The normalized spacial score (nSPS) is 51.5. The van der Waals surface area contributed by atoms with Gasteiger partial charge >= 0.3 is 0 Å². The molecule has 8 atom stereocenters. The summed E-state index contributed by atoms with van der Waals surface area (Å²) in [5, 5.41) is 10.3. The van der Waals surface area contributed by atoms with Gasteiger partial charge < -0.3 is 9.84 Å². The zero-order valence-corrected chi connectivity index (χ0v) is 21.7. The van der Waals surface area contributed by atoms with Crippen molar-refractivity contribution in [2.75, 3.05) is 6.61 Å². The SMILES string of the molecule is CCC(=O)[C@@H]1C[C@@H](C)[C@]2(CC[C@@]3(C)C4=C(CC[C@@]32C)[C@@]2(C)CCC(=O)[C@](C)(CO)[C@@H]2CC4)O1. The van der Waals surface area contributed by atoms with Gasteiger partial charge in [-0.3, -0.25) is 9.59 Å². The molecule has 33 heavy (non-hydrogen) atoms. The van der Waals surface area contributed by atoms with Crippen LogP contribution >= 0.6 is 0 Å². The first-order chi connectivity index (χ1) is 15.4. The second-order valence-corrected chi connectivity index (χ2v) is 13.1. The predicted octanol–water partition coefficient (Wildman–Crippen LogP) is 5.80. The number of carbonyl (C=O) groups excluding carboxylic acids is 2. The van der Waals surface area contributed by atoms with Crippen LogP contribution in [0.15, 0.2) is 11.1 Å². The molecule has 5 aliphatic rings. The van der Waals surface area contributed by atoms with Crippen molar-refractivity contribution in [2.24, 2.45) is 33.5 Å². The Hall–Kier alpha value is -1.00. The number of fused-ring (bicyclic) bond motifs is 5. The van der Waals surface area contributed by atoms with Gasteiger partial charge in [0.15, 0.2) is 5.78 Å². The van der Waals surface area contributed by atoms with Crippen molar-refractivity contribution in [2.45, 2.75) is 117 Å². The maximum Gasteiger partial charge on any atom is 0.161 e. The molecule has 2 saturated carbocycles. The van der Waals surface area contributed by atoms with Gasteiger partial charge in [0, 0.05) is 18.3 Å². The molecule has 0 unspecified atom stereocenters. The molecule has 4 nitrogen and oxygen atoms in total. The van der Waals surface area contributed by atoms with Crippen molar-refractivity contribution in [1.29, 1.82) is 0 Å². The molecule has 5 rings (SSSR count). The minimum absolute atomic E-state index is 0.00191. The average molecular weight is 457 g/mol. The summed E-state index contributed by atoms with van der Waals surface area (Å²) in [6.45, 7) is 13.6. The Balaban J connectivity index is 1.57. The highest BCUT2D eigenvalue weighted by molar-refractivity contribution is 5.86. The van der Waals surface area contributed by atoms with Crippen LogP contribution in [-0.4, -0.2) is 35.0 Å². The van der Waals surface area contributed by atoms with Crippen LogP contribution in [0.5, 0.6) is 0 Å². The molecular formula is C29H44O4. The third kappa shape index (κ3) is 2.66. The first-order valence-electron chi connectivity index (χ1n) is 13.5. The number of ether oxygens (including phenoxy) is 1. The number of carbonyl (C=O) groups is 2. The monoisotopic (exact) mass is 456 g/mol. The Bertz CT molecular complexity index is 921. The van der Waals surface area contributed by atoms with Gasteiger partial charge in [-0.15, -0.1) is 0 Å². The summed E-state index contributed by atoms with van der Waals surface area (Å²) in [7, 11) is 0. The van der Waals surface area contributed by atoms with Crippen molar-refractivity contribution < 1.29 is 19.4 Å². The summed E-state index contributed by atoms with van der Waals surface area (Å²) in [5.41, 5.74) is 2.52. The number of hydrogen-bond acceptors (Lipinski definition) is 4. The van der Waals surface area contributed by atoms with Crippen molar-refractivity contribution in [3.05, 3.63) is 11.1 Å². The Kier molecular flexibility index (Phi) is 5.22. The summed E-state index contributed by atoms with van der Waals surface area (Å²) in [5.74, 6) is 1.13. The van der Waals surface area contributed by atoms with Gasteiger partial charge in [-0.05, 0) is 74.0 Å². The minimum Gasteiger partial charge on any atom is -0.395 e. The van der Waals surface area contributed by atoms with Crippen LogP contribution in [0.3, 0.4) is 0 Å². The summed E-state index contributed by atoms with van der Waals surface area (Å²) in [6.07, 6.45) is 9.02. The number of ketones is 2. The Morgan fingerprint density at radius 2 is 1.76 bits per heavy atom. The van der Waals surface area contributed by atoms with E-state index in [1.54, 1.807) is 11.1 Å². The van der Waals surface area contributed by atoms with Crippen LogP contribution < -0.4 is 0 Å². The van der Waals surface area contributed by atoms with E-state index in [9.17, 15) is 14.7 Å². The predicted molar refractivity (Wildman–Crippen MR) is 129 cm³/mol. The highest BCUT2D eigenvalue weighted by Crippen LogP contribution is 2.75. The summed E-state index contributed by atoms with van der Waals surface area (Å²) >= 11 is 0. The quantitative estimate of drug-likeness (QED) is 0.545. The van der Waals surface area contributed by atoms with Gasteiger partial charge in [0.1, 0.15) is 11.9 Å². The van der Waals surface area contributed by atoms with Gasteiger partial charge in [0.05, 0.1) is 17.6 Å². The lowest BCUT2D eigenvalue weighted by atomic mass is 9.43. The maximum atomic E-state index is 12.9. The first-order valence-corrected chi connectivity index (χ1v) is 13.5. The van der Waals surface area contributed by atoms with E-state index in [4.69, 9.17) is 4.74 Å². The second-order valence-electron chi connectivity index (χ2n) is 13.1. The fourth-order valence-corrected chi connectivity index (χ4v) is 9.89. The van der Waals surface area contributed by atoms with E-state index in [0.717, 1.165) is 51.4 Å². The number of aliphatic hydroxyl groups is 1. The van der Waals surface area contributed by atoms with Crippen LogP contribution in [0, 0.1) is 33.5 Å². The van der Waals surface area contributed by atoms with Crippen LogP contribution in [-0.2, 0) is 14.3 Å². The average Bonchev–Trinajstić information content (AvgIpc) is 3.26. The van der Waals surface area contributed by atoms with Gasteiger partial charge in [-0.25, -0.2) is 0 Å². The number of hydrogen-bond donors (Lipinski definition) is 1. The fourth-order valence-electron chi connectivity index (χ4n) is 9.89. The van der Waals surface area contributed by atoms with E-state index in [0.29, 0.717) is 18.8 Å². The molecule has 0 bridgehead atoms. The van der Waals surface area contributed by atoms with Crippen molar-refractivity contribution in [3.8, 4) is 0 Å². The molecular weight excluding hydrogens is 412 g/mol. The molecule has 3 fully saturated rings. The van der Waals surface area contributed by atoms with Crippen molar-refractivity contribution in [3.63, 3.8) is 0 Å². The number of aliphatic hydroxyl groups excluding tert-OH is 1. The van der Waals surface area contributed by atoms with Crippen LogP contribution in [0.1, 0.15) is 106 Å². The molecule has 1 saturated heterocycles. The smallest absolute Gasteiger partial charge is 0.161 e. The zero-order valence-electron chi connectivity index (χ0n) is 21.7. The molecule has 4 aliphatic carbocycles. The third-order valence-electron chi connectivity index (χ3n) is 12.2. The van der Waals surface area contributed by atoms with Crippen LogP contribution in [0.4, 0.5) is 0 Å². The fraction of sp³-hybridized carbons (Fsp3) is 0.862. The van der Waals surface area contributed by atoms with E-state index in [1.807, 2.05) is 13.8 Å². The largest absolute Gasteiger partial charge is 0.395 e. The lowest BCUT2D eigenvalue weighted by Crippen LogP contribution is -2.58. The summed E-state index contributed by atoms with van der Waals surface area (Å²) < 4.78 is 6.84. The molecule has 0 aromatic heterocycles. The lowest BCUT2D eigenvalue weighted by molar-refractivity contribution is -0.163. The molecule has 184 valence electrons. The van der Waals surface area contributed by atoms with Gasteiger partial charge in [0.2, 0.25) is 0 Å². The molecule has 1 N–H and O–H groups in total. The van der Waals surface area contributed by atoms with Crippen LogP contribution in [0.2, 0.25) is 0 Å². The van der Waals surface area contributed by atoms with E-state index >= 15 is 0 Å². The molecule has 1 heterocycles. The van der Waals surface area contributed by atoms with Gasteiger partial charge in [0.25, 0.3) is 0 Å². The van der Waals surface area contributed by atoms with Crippen molar-refractivity contribution >= 4 is 11.6 Å². The first kappa shape index (κ1) is 23.7. The Morgan fingerprint density at radius 3 is 2.42 bits per heavy atom. The maximum absolute atomic E-state index is 12.9. The second kappa shape index (κ2) is 7.26. The third-order valence-corrected chi connectivity index (χ3v) is 12.2. The minimum atomic E-state index is -0.610. The Labute approximate surface area is 199 Å². The molecule has 1 aliphatic heterocycles. The molecule has 0 aromatic rings. The number of Topliss-reactive ketones (excluding diaryl/α,β-unsaturated/α-hetero) is 2. The highest BCUT2D eigenvalue weighted by Gasteiger charge is 2.71. The van der Waals surface area contributed by atoms with E-state index in [1.165, 1.54) is 0 Å². The topological polar surface area (TPSA) is 63.6 Å². The summed E-state index contributed by atoms with van der Waals surface area (Å²) in [6, 6.07) is 0. The zero-order chi connectivity index (χ0) is 24.0. The van der Waals surface area contributed by atoms with E-state index < -0.39 is 5.41 Å². The standard InChI is InChI=1S/C29H44O4/c1-7-21(31)22-16-18(2)29(33-22)15-14-27(5)20-8-9-23-25(3,19(20)10-13-28(27,29)6)12-11-24(32)26(23,4)17-30/h18,22-23,30H,7-17H2,1-6H3/t18-,22+,23-,25-,26-,27+,28+,29+/m1/s1. The van der Waals surface area contributed by atoms with E-state index in [2.05, 4.69) is 27.7 Å². The molecule has 0 aromatic carbocycles. The molecule has 0 radical (unpaired) electrons. The number of allylic oxidation sites excluding steroid dienone is 2. The molecule has 0 amide bonds. The molecule has 1 spiro atoms. The van der Waals surface area contributed by atoms with Crippen molar-refractivity contribution in [1.82, 2.24) is 0 Å². The van der Waals surface area contributed by atoms with Gasteiger partial charge in [-0.1, -0.05) is 52.7 Å². The highest BCUT2D eigenvalue weighted by atomic mass is 16.5. The summed E-state index contributed by atoms with van der Waals surface area (Å²) in [4.78, 5) is 25.5. The number of rotatable bonds is 3. The molecule has 4 heteroatoms. The van der Waals surface area contributed by atoms with E-state index in [-0.39, 0.29) is 52.0 Å². The van der Waals surface area contributed by atoms with Gasteiger partial charge in [-0.2, -0.15) is 0 Å².